The molecule has 1 aromatic heterocycles. The minimum atomic E-state index is -0.0354. The van der Waals surface area contributed by atoms with Crippen molar-refractivity contribution in [2.45, 2.75) is 6.42 Å². The van der Waals surface area contributed by atoms with Gasteiger partial charge in [-0.3, -0.25) is 9.69 Å². The van der Waals surface area contributed by atoms with Crippen LogP contribution in [0.5, 0.6) is 0 Å². The molecule has 7 heteroatoms. The smallest absolute Gasteiger partial charge is 0.325 e. The third kappa shape index (κ3) is 2.39. The first-order valence-corrected chi connectivity index (χ1v) is 6.65. The monoisotopic (exact) mass is 292 g/mol. The molecule has 1 aliphatic rings. The van der Waals surface area contributed by atoms with Gasteiger partial charge < -0.3 is 10.2 Å². The summed E-state index contributed by atoms with van der Waals surface area (Å²) in [5, 5.41) is 8.53. The molecule has 0 saturated carbocycles. The molecule has 1 unspecified atom stereocenters. The molecule has 2 heterocycles. The van der Waals surface area contributed by atoms with E-state index >= 15 is 0 Å². The van der Waals surface area contributed by atoms with Gasteiger partial charge >= 0.3 is 6.01 Å². The van der Waals surface area contributed by atoms with E-state index in [-0.39, 0.29) is 17.8 Å². The highest BCUT2D eigenvalue weighted by atomic mass is 35.5. The van der Waals surface area contributed by atoms with Crippen molar-refractivity contribution in [1.29, 1.82) is 0 Å². The van der Waals surface area contributed by atoms with Crippen LogP contribution in [0.3, 0.4) is 0 Å². The van der Waals surface area contributed by atoms with E-state index in [1.807, 2.05) is 0 Å². The molecule has 0 aliphatic carbocycles. The zero-order valence-electron chi connectivity index (χ0n) is 10.6. The minimum absolute atomic E-state index is 0.0354. The van der Waals surface area contributed by atoms with Crippen LogP contribution in [0.25, 0.3) is 11.5 Å². The van der Waals surface area contributed by atoms with Crippen LogP contribution in [0.15, 0.2) is 28.7 Å². The lowest BCUT2D eigenvalue weighted by molar-refractivity contribution is -0.117. The summed E-state index contributed by atoms with van der Waals surface area (Å²) in [6, 6.07) is 7.27. The Hall–Kier alpha value is -1.92. The summed E-state index contributed by atoms with van der Waals surface area (Å²) in [6.45, 7) is 0.998. The van der Waals surface area contributed by atoms with Gasteiger partial charge in [-0.2, -0.15) is 0 Å². The van der Waals surface area contributed by atoms with Crippen molar-refractivity contribution in [3.05, 3.63) is 29.3 Å². The van der Waals surface area contributed by atoms with Crippen molar-refractivity contribution in [2.24, 2.45) is 11.7 Å². The predicted octanol–water partition coefficient (Wildman–Crippen LogP) is 1.70. The Bertz CT molecular complexity index is 626. The Morgan fingerprint density at radius 1 is 1.35 bits per heavy atom. The van der Waals surface area contributed by atoms with E-state index in [0.717, 1.165) is 5.56 Å². The summed E-state index contributed by atoms with van der Waals surface area (Å²) >= 11 is 5.83. The van der Waals surface area contributed by atoms with E-state index in [1.165, 1.54) is 4.90 Å². The molecular formula is C13H13ClN4O2. The number of carbonyl (C=O) groups excluding carboxylic acids is 1. The summed E-state index contributed by atoms with van der Waals surface area (Å²) in [5.74, 6) is 0.473. The molecule has 6 nitrogen and oxygen atoms in total. The molecule has 1 saturated heterocycles. The first-order chi connectivity index (χ1) is 9.67. The van der Waals surface area contributed by atoms with Crippen LogP contribution in [-0.4, -0.2) is 29.2 Å². The largest absolute Gasteiger partial charge is 0.403 e. The van der Waals surface area contributed by atoms with E-state index < -0.39 is 0 Å². The second-order valence-corrected chi connectivity index (χ2v) is 5.14. The van der Waals surface area contributed by atoms with E-state index in [1.54, 1.807) is 24.3 Å². The summed E-state index contributed by atoms with van der Waals surface area (Å²) in [4.78, 5) is 13.3. The van der Waals surface area contributed by atoms with Crippen molar-refractivity contribution < 1.29 is 9.21 Å². The fourth-order valence-corrected chi connectivity index (χ4v) is 2.28. The van der Waals surface area contributed by atoms with Crippen molar-refractivity contribution in [3.63, 3.8) is 0 Å². The quantitative estimate of drug-likeness (QED) is 0.930. The molecule has 1 amide bonds. The van der Waals surface area contributed by atoms with Gasteiger partial charge in [0.2, 0.25) is 11.8 Å². The highest BCUT2D eigenvalue weighted by Gasteiger charge is 2.33. The van der Waals surface area contributed by atoms with Crippen LogP contribution in [0.2, 0.25) is 5.02 Å². The van der Waals surface area contributed by atoms with E-state index in [9.17, 15) is 4.79 Å². The fourth-order valence-electron chi connectivity index (χ4n) is 2.16. The van der Waals surface area contributed by atoms with E-state index in [0.29, 0.717) is 30.4 Å². The Labute approximate surface area is 120 Å². The fraction of sp³-hybridized carbons (Fsp3) is 0.308. The van der Waals surface area contributed by atoms with Crippen LogP contribution in [0, 0.1) is 5.92 Å². The van der Waals surface area contributed by atoms with Gasteiger partial charge in [0.1, 0.15) is 0 Å². The SMILES string of the molecule is NCC1CC(=O)N(c2nnc(-c3ccc(Cl)cc3)o2)C1. The van der Waals surface area contributed by atoms with Crippen LogP contribution in [0.1, 0.15) is 6.42 Å². The molecule has 2 N–H and O–H groups in total. The maximum absolute atomic E-state index is 11.9. The highest BCUT2D eigenvalue weighted by Crippen LogP contribution is 2.27. The summed E-state index contributed by atoms with van der Waals surface area (Å²) in [6.07, 6.45) is 0.426. The normalized spacial score (nSPS) is 18.8. The molecule has 0 bridgehead atoms. The molecule has 1 aliphatic heterocycles. The van der Waals surface area contributed by atoms with E-state index in [4.69, 9.17) is 21.8 Å². The molecule has 3 rings (SSSR count). The number of hydrogen-bond acceptors (Lipinski definition) is 5. The van der Waals surface area contributed by atoms with Crippen molar-refractivity contribution in [3.8, 4) is 11.5 Å². The van der Waals surface area contributed by atoms with Crippen LogP contribution in [0.4, 0.5) is 6.01 Å². The van der Waals surface area contributed by atoms with Gasteiger partial charge in [-0.25, -0.2) is 0 Å². The molecule has 1 atom stereocenters. The lowest BCUT2D eigenvalue weighted by atomic mass is 10.1. The zero-order chi connectivity index (χ0) is 14.1. The topological polar surface area (TPSA) is 85.3 Å². The first-order valence-electron chi connectivity index (χ1n) is 6.27. The number of aromatic nitrogens is 2. The lowest BCUT2D eigenvalue weighted by Crippen LogP contribution is -2.26. The van der Waals surface area contributed by atoms with Crippen molar-refractivity contribution in [2.75, 3.05) is 18.0 Å². The Morgan fingerprint density at radius 3 is 2.75 bits per heavy atom. The van der Waals surface area contributed by atoms with Crippen molar-refractivity contribution >= 4 is 23.5 Å². The van der Waals surface area contributed by atoms with Crippen molar-refractivity contribution in [1.82, 2.24) is 10.2 Å². The van der Waals surface area contributed by atoms with Gasteiger partial charge in [0.25, 0.3) is 0 Å². The maximum Gasteiger partial charge on any atom is 0.325 e. The highest BCUT2D eigenvalue weighted by molar-refractivity contribution is 6.30. The maximum atomic E-state index is 11.9. The molecule has 104 valence electrons. The summed E-state index contributed by atoms with van der Waals surface area (Å²) < 4.78 is 5.56. The number of rotatable bonds is 3. The second-order valence-electron chi connectivity index (χ2n) is 4.71. The predicted molar refractivity (Wildman–Crippen MR) is 74.3 cm³/mol. The van der Waals surface area contributed by atoms with E-state index in [2.05, 4.69) is 10.2 Å². The number of anilines is 1. The van der Waals surface area contributed by atoms with Crippen LogP contribution >= 0.6 is 11.6 Å². The standard InChI is InChI=1S/C13H13ClN4O2/c14-10-3-1-9(2-4-10)12-16-17-13(20-12)18-7-8(6-15)5-11(18)19/h1-4,8H,5-7,15H2. The number of nitrogens with zero attached hydrogens (tertiary/aromatic N) is 3. The number of carbonyl (C=O) groups is 1. The van der Waals surface area contributed by atoms with Gasteiger partial charge in [-0.1, -0.05) is 16.7 Å². The van der Waals surface area contributed by atoms with Gasteiger partial charge in [-0.05, 0) is 36.7 Å². The van der Waals surface area contributed by atoms with Crippen LogP contribution < -0.4 is 10.6 Å². The Morgan fingerprint density at radius 2 is 2.10 bits per heavy atom. The third-order valence-corrected chi connectivity index (χ3v) is 3.53. The zero-order valence-corrected chi connectivity index (χ0v) is 11.4. The third-order valence-electron chi connectivity index (χ3n) is 3.27. The number of benzene rings is 1. The molecule has 0 radical (unpaired) electrons. The summed E-state index contributed by atoms with van der Waals surface area (Å²) in [5.41, 5.74) is 6.35. The van der Waals surface area contributed by atoms with Gasteiger partial charge in [0.05, 0.1) is 0 Å². The van der Waals surface area contributed by atoms with Crippen LogP contribution in [-0.2, 0) is 4.79 Å². The average Bonchev–Trinajstić information content (AvgIpc) is 3.06. The number of nitrogens with two attached hydrogens (primary N) is 1. The number of hydrogen-bond donors (Lipinski definition) is 1. The summed E-state index contributed by atoms with van der Waals surface area (Å²) in [7, 11) is 0. The van der Waals surface area contributed by atoms with Gasteiger partial charge in [0, 0.05) is 23.6 Å². The Kier molecular flexibility index (Phi) is 3.42. The second kappa shape index (κ2) is 5.22. The number of amides is 1. The molecular weight excluding hydrogens is 280 g/mol. The molecule has 20 heavy (non-hydrogen) atoms. The first kappa shape index (κ1) is 13.1. The molecule has 0 spiro atoms. The Balaban J connectivity index is 1.83. The molecule has 1 fully saturated rings. The van der Waals surface area contributed by atoms with Gasteiger partial charge in [-0.15, -0.1) is 5.10 Å². The number of halogens is 1. The molecule has 2 aromatic rings. The molecule has 1 aromatic carbocycles. The average molecular weight is 293 g/mol. The lowest BCUT2D eigenvalue weighted by Gasteiger charge is -2.09. The minimum Gasteiger partial charge on any atom is -0.403 e. The van der Waals surface area contributed by atoms with Gasteiger partial charge in [0.15, 0.2) is 0 Å².